The van der Waals surface area contributed by atoms with Crippen LogP contribution in [0, 0.1) is 5.41 Å². The van der Waals surface area contributed by atoms with E-state index in [-0.39, 0.29) is 23.2 Å². The number of ether oxygens (including phenoxy) is 2. The molecule has 1 amide bonds. The molecule has 2 saturated heterocycles. The van der Waals surface area contributed by atoms with E-state index in [0.717, 1.165) is 45.2 Å². The normalized spacial score (nSPS) is 19.6. The van der Waals surface area contributed by atoms with Crippen LogP contribution in [0.5, 0.6) is 5.75 Å². The molecule has 1 saturated carbocycles. The molecule has 1 aliphatic carbocycles. The molecular formula is C28H34BrF3N4O3. The van der Waals surface area contributed by atoms with Crippen molar-refractivity contribution in [2.24, 2.45) is 5.41 Å². The van der Waals surface area contributed by atoms with Gasteiger partial charge in [-0.2, -0.15) is 13.2 Å². The topological polar surface area (TPSA) is 67.8 Å². The van der Waals surface area contributed by atoms with Gasteiger partial charge in [-0.25, -0.2) is 14.8 Å². The molecule has 1 aromatic heterocycles. The smallest absolute Gasteiger partial charge is 0.422 e. The third-order valence-corrected chi connectivity index (χ3v) is 8.63. The third kappa shape index (κ3) is 5.83. The van der Waals surface area contributed by atoms with Crippen molar-refractivity contribution in [2.75, 3.05) is 37.7 Å². The lowest BCUT2D eigenvalue weighted by Gasteiger charge is -2.53. The van der Waals surface area contributed by atoms with E-state index >= 15 is 0 Å². The van der Waals surface area contributed by atoms with E-state index in [1.807, 2.05) is 26.8 Å². The van der Waals surface area contributed by atoms with Crippen LogP contribution in [0.2, 0.25) is 0 Å². The van der Waals surface area contributed by atoms with E-state index in [4.69, 9.17) is 19.4 Å². The molecule has 212 valence electrons. The number of nitrogens with zero attached hydrogens (tertiary/aromatic N) is 4. The van der Waals surface area contributed by atoms with Gasteiger partial charge in [-0.05, 0) is 74.0 Å². The summed E-state index contributed by atoms with van der Waals surface area (Å²) < 4.78 is 50.6. The van der Waals surface area contributed by atoms with E-state index in [0.29, 0.717) is 45.7 Å². The number of hydrogen-bond acceptors (Lipinski definition) is 6. The first-order chi connectivity index (χ1) is 18.3. The second kappa shape index (κ2) is 10.1. The average molecular weight is 612 g/mol. The first-order valence-electron chi connectivity index (χ1n) is 13.4. The summed E-state index contributed by atoms with van der Waals surface area (Å²) in [6.45, 7) is 10.8. The van der Waals surface area contributed by atoms with Gasteiger partial charge in [0.2, 0.25) is 0 Å². The van der Waals surface area contributed by atoms with Crippen LogP contribution in [0.25, 0.3) is 17.0 Å². The molecule has 3 heterocycles. The van der Waals surface area contributed by atoms with Crippen LogP contribution in [0.4, 0.5) is 23.8 Å². The molecule has 5 rings (SSSR count). The molecule has 11 heteroatoms. The number of alkyl halides is 3. The van der Waals surface area contributed by atoms with Gasteiger partial charge in [-0.15, -0.1) is 0 Å². The molecule has 2 aliphatic heterocycles. The molecule has 0 bridgehead atoms. The van der Waals surface area contributed by atoms with Crippen molar-refractivity contribution in [1.29, 1.82) is 0 Å². The van der Waals surface area contributed by atoms with E-state index < -0.39 is 18.4 Å². The number of hydrogen-bond donors (Lipinski definition) is 0. The predicted molar refractivity (Wildman–Crippen MR) is 147 cm³/mol. The molecule has 3 fully saturated rings. The number of halogens is 4. The van der Waals surface area contributed by atoms with Gasteiger partial charge in [0, 0.05) is 42.9 Å². The second-order valence-corrected chi connectivity index (χ2v) is 12.8. The summed E-state index contributed by atoms with van der Waals surface area (Å²) in [6, 6.07) is 1.87. The van der Waals surface area contributed by atoms with Crippen LogP contribution in [-0.2, 0) is 4.74 Å². The number of benzene rings is 1. The summed E-state index contributed by atoms with van der Waals surface area (Å²) in [5.41, 5.74) is 0.505. The minimum Gasteiger partial charge on any atom is -0.481 e. The van der Waals surface area contributed by atoms with E-state index in [1.54, 1.807) is 11.0 Å². The Hall–Kier alpha value is -2.56. The van der Waals surface area contributed by atoms with Crippen molar-refractivity contribution in [3.8, 4) is 5.75 Å². The molecule has 2 aromatic rings. The molecule has 0 N–H and O–H groups in total. The third-order valence-electron chi connectivity index (χ3n) is 7.81. The maximum atomic E-state index is 13.1. The summed E-state index contributed by atoms with van der Waals surface area (Å²) in [5, 5.41) is 0.647. The Morgan fingerprint density at radius 1 is 1.21 bits per heavy atom. The van der Waals surface area contributed by atoms with Crippen molar-refractivity contribution >= 4 is 44.8 Å². The van der Waals surface area contributed by atoms with E-state index in [9.17, 15) is 18.0 Å². The number of piperidine rings is 1. The number of likely N-dealkylation sites (tertiary alicyclic amines) is 1. The van der Waals surface area contributed by atoms with Gasteiger partial charge >= 0.3 is 12.3 Å². The number of anilines is 1. The number of carbonyl (C=O) groups excluding carboxylic acids is 1. The largest absolute Gasteiger partial charge is 0.481 e. The summed E-state index contributed by atoms with van der Waals surface area (Å²) in [4.78, 5) is 26.1. The summed E-state index contributed by atoms with van der Waals surface area (Å²) in [5.74, 6) is 1.61. The lowest BCUT2D eigenvalue weighted by atomic mass is 9.72. The quantitative estimate of drug-likeness (QED) is 0.360. The minimum absolute atomic E-state index is 0.0450. The van der Waals surface area contributed by atoms with Crippen LogP contribution in [0.3, 0.4) is 0 Å². The summed E-state index contributed by atoms with van der Waals surface area (Å²) >= 11 is 3.43. The highest BCUT2D eigenvalue weighted by Gasteiger charge is 2.48. The van der Waals surface area contributed by atoms with Crippen molar-refractivity contribution in [3.05, 3.63) is 28.5 Å². The number of amides is 1. The zero-order chi connectivity index (χ0) is 28.2. The molecule has 1 aromatic carbocycles. The van der Waals surface area contributed by atoms with Gasteiger partial charge in [-0.3, -0.25) is 0 Å². The SMILES string of the molecule is C=Cc1cc2c(N3CCC4(CC3)CN(C(=O)OC(C)(C)C)C4)nc(C3CCC3)nc2c(OCC(F)(F)F)c1Br. The fraction of sp³-hybridized carbons (Fsp3) is 0.607. The Labute approximate surface area is 234 Å². The number of carbonyl (C=O) groups is 1. The highest BCUT2D eigenvalue weighted by atomic mass is 79.9. The lowest BCUT2D eigenvalue weighted by Crippen LogP contribution is -2.62. The van der Waals surface area contributed by atoms with Crippen molar-refractivity contribution in [2.45, 2.75) is 70.6 Å². The molecule has 1 spiro atoms. The Kier molecular flexibility index (Phi) is 7.26. The number of fused-ring (bicyclic) bond motifs is 1. The summed E-state index contributed by atoms with van der Waals surface area (Å²) in [7, 11) is 0. The monoisotopic (exact) mass is 610 g/mol. The highest BCUT2D eigenvalue weighted by molar-refractivity contribution is 9.10. The van der Waals surface area contributed by atoms with Crippen molar-refractivity contribution in [3.63, 3.8) is 0 Å². The predicted octanol–water partition coefficient (Wildman–Crippen LogP) is 7.08. The van der Waals surface area contributed by atoms with Crippen LogP contribution in [0.15, 0.2) is 17.1 Å². The Morgan fingerprint density at radius 3 is 2.41 bits per heavy atom. The molecular weight excluding hydrogens is 577 g/mol. The van der Waals surface area contributed by atoms with Gasteiger partial charge in [0.15, 0.2) is 12.4 Å². The second-order valence-electron chi connectivity index (χ2n) is 12.0. The molecule has 0 unspecified atom stereocenters. The van der Waals surface area contributed by atoms with Gasteiger partial charge < -0.3 is 19.3 Å². The number of aromatic nitrogens is 2. The molecule has 39 heavy (non-hydrogen) atoms. The average Bonchev–Trinajstić information content (AvgIpc) is 2.78. The standard InChI is InChI=1S/C28H34BrF3N4O3/c1-5-17-13-19-21(22(20(17)29)38-16-28(30,31)32)33-23(18-7-6-8-18)34-24(19)35-11-9-27(10-12-35)14-36(15-27)25(37)39-26(2,3)4/h5,13,18H,1,6-12,14-16H2,2-4H3. The first-order valence-corrected chi connectivity index (χ1v) is 14.2. The number of rotatable bonds is 5. The Balaban J connectivity index is 1.43. The van der Waals surface area contributed by atoms with E-state index in [2.05, 4.69) is 27.4 Å². The molecule has 7 nitrogen and oxygen atoms in total. The Morgan fingerprint density at radius 2 is 1.87 bits per heavy atom. The van der Waals surface area contributed by atoms with Crippen molar-refractivity contribution < 1.29 is 27.4 Å². The highest BCUT2D eigenvalue weighted by Crippen LogP contribution is 2.46. The van der Waals surface area contributed by atoms with Gasteiger partial charge in [0.05, 0.1) is 4.47 Å². The molecule has 3 aliphatic rings. The van der Waals surface area contributed by atoms with Crippen LogP contribution < -0.4 is 9.64 Å². The van der Waals surface area contributed by atoms with Gasteiger partial charge in [0.1, 0.15) is 22.8 Å². The van der Waals surface area contributed by atoms with Gasteiger partial charge in [-0.1, -0.05) is 19.1 Å². The van der Waals surface area contributed by atoms with Crippen LogP contribution >= 0.6 is 15.9 Å². The lowest BCUT2D eigenvalue weighted by molar-refractivity contribution is -0.153. The maximum absolute atomic E-state index is 13.1. The fourth-order valence-corrected chi connectivity index (χ4v) is 6.07. The Bertz CT molecular complexity index is 1270. The molecule has 0 radical (unpaired) electrons. The van der Waals surface area contributed by atoms with Crippen molar-refractivity contribution in [1.82, 2.24) is 14.9 Å². The fourth-order valence-electron chi connectivity index (χ4n) is 5.49. The van der Waals surface area contributed by atoms with E-state index in [1.165, 1.54) is 0 Å². The minimum atomic E-state index is -4.49. The zero-order valence-electron chi connectivity index (χ0n) is 22.5. The van der Waals surface area contributed by atoms with Gasteiger partial charge in [0.25, 0.3) is 0 Å². The molecule has 0 atom stereocenters. The van der Waals surface area contributed by atoms with Crippen LogP contribution in [0.1, 0.15) is 70.2 Å². The maximum Gasteiger partial charge on any atom is 0.422 e. The van der Waals surface area contributed by atoms with Crippen LogP contribution in [-0.4, -0.2) is 65.5 Å². The summed E-state index contributed by atoms with van der Waals surface area (Å²) in [6.07, 6.45) is 1.56. The zero-order valence-corrected chi connectivity index (χ0v) is 24.1. The first kappa shape index (κ1) is 28.0.